The molecule has 1 aliphatic rings. The standard InChI is InChI=1S/C23H32N2O6S2/c1-16(2)32(26,27)24-20-14-30-15-21(20)31-18-12-10-17(11-13-18)19-8-6-7-9-22(19)33(28,29)25-23(3,4)5/h6-13,16,20-21,24-25H,14-15H2,1-5H3/t20-,21+/m1/s1. The molecule has 33 heavy (non-hydrogen) atoms. The molecule has 0 unspecified atom stereocenters. The molecule has 2 aromatic carbocycles. The number of ether oxygens (including phenoxy) is 2. The molecular weight excluding hydrogens is 464 g/mol. The molecule has 1 saturated heterocycles. The Morgan fingerprint density at radius 3 is 2.21 bits per heavy atom. The molecule has 0 aliphatic carbocycles. The van der Waals surface area contributed by atoms with E-state index < -0.39 is 43.0 Å². The quantitative estimate of drug-likeness (QED) is 0.581. The Hall–Kier alpha value is -1.98. The van der Waals surface area contributed by atoms with Crippen molar-refractivity contribution in [2.75, 3.05) is 13.2 Å². The van der Waals surface area contributed by atoms with Gasteiger partial charge in [0.15, 0.2) is 0 Å². The second kappa shape index (κ2) is 9.71. The third-order valence-corrected chi connectivity index (χ3v) is 8.72. The van der Waals surface area contributed by atoms with E-state index in [4.69, 9.17) is 9.47 Å². The number of hydrogen-bond acceptors (Lipinski definition) is 6. The maximum atomic E-state index is 12.9. The van der Waals surface area contributed by atoms with Crippen molar-refractivity contribution < 1.29 is 26.3 Å². The van der Waals surface area contributed by atoms with Gasteiger partial charge in [-0.2, -0.15) is 0 Å². The first-order valence-electron chi connectivity index (χ1n) is 10.8. The molecule has 0 amide bonds. The zero-order valence-electron chi connectivity index (χ0n) is 19.5. The largest absolute Gasteiger partial charge is 0.486 e. The molecule has 2 N–H and O–H groups in total. The topological polar surface area (TPSA) is 111 Å². The van der Waals surface area contributed by atoms with Crippen LogP contribution in [0.3, 0.4) is 0 Å². The average Bonchev–Trinajstić information content (AvgIpc) is 3.12. The van der Waals surface area contributed by atoms with Crippen molar-refractivity contribution in [2.24, 2.45) is 0 Å². The lowest BCUT2D eigenvalue weighted by molar-refractivity contribution is 0.140. The van der Waals surface area contributed by atoms with E-state index >= 15 is 0 Å². The van der Waals surface area contributed by atoms with Crippen LogP contribution in [0.2, 0.25) is 0 Å². The Morgan fingerprint density at radius 2 is 1.61 bits per heavy atom. The van der Waals surface area contributed by atoms with E-state index in [9.17, 15) is 16.8 Å². The number of nitrogens with one attached hydrogen (secondary N) is 2. The number of benzene rings is 2. The van der Waals surface area contributed by atoms with Gasteiger partial charge in [-0.15, -0.1) is 0 Å². The van der Waals surface area contributed by atoms with Crippen LogP contribution in [0.1, 0.15) is 34.6 Å². The van der Waals surface area contributed by atoms with Gasteiger partial charge in [0.05, 0.1) is 29.4 Å². The molecule has 2 atom stereocenters. The van der Waals surface area contributed by atoms with Crippen LogP contribution >= 0.6 is 0 Å². The van der Waals surface area contributed by atoms with E-state index in [2.05, 4.69) is 9.44 Å². The third-order valence-electron chi connectivity index (χ3n) is 5.03. The molecule has 0 radical (unpaired) electrons. The molecule has 10 heteroatoms. The zero-order valence-corrected chi connectivity index (χ0v) is 21.2. The van der Waals surface area contributed by atoms with Gasteiger partial charge in [0.2, 0.25) is 20.0 Å². The lowest BCUT2D eigenvalue weighted by Gasteiger charge is -2.22. The smallest absolute Gasteiger partial charge is 0.241 e. The molecule has 1 heterocycles. The maximum absolute atomic E-state index is 12.9. The van der Waals surface area contributed by atoms with Gasteiger partial charge in [-0.1, -0.05) is 30.3 Å². The molecule has 8 nitrogen and oxygen atoms in total. The van der Waals surface area contributed by atoms with Crippen molar-refractivity contribution in [1.82, 2.24) is 9.44 Å². The molecule has 0 spiro atoms. The molecule has 182 valence electrons. The highest BCUT2D eigenvalue weighted by Crippen LogP contribution is 2.30. The third kappa shape index (κ3) is 6.54. The van der Waals surface area contributed by atoms with Gasteiger partial charge in [0, 0.05) is 11.1 Å². The molecule has 0 aromatic heterocycles. The summed E-state index contributed by atoms with van der Waals surface area (Å²) >= 11 is 0. The molecule has 0 bridgehead atoms. The summed E-state index contributed by atoms with van der Waals surface area (Å²) in [5.41, 5.74) is 0.685. The number of sulfonamides is 2. The zero-order chi connectivity index (χ0) is 24.4. The van der Waals surface area contributed by atoms with Gasteiger partial charge in [0.25, 0.3) is 0 Å². The minimum absolute atomic E-state index is 0.195. The Balaban J connectivity index is 1.79. The van der Waals surface area contributed by atoms with Gasteiger partial charge >= 0.3 is 0 Å². The van der Waals surface area contributed by atoms with Gasteiger partial charge < -0.3 is 9.47 Å². The highest BCUT2D eigenvalue weighted by atomic mass is 32.2. The van der Waals surface area contributed by atoms with E-state index in [0.29, 0.717) is 11.3 Å². The van der Waals surface area contributed by atoms with Crippen molar-refractivity contribution in [3.63, 3.8) is 0 Å². The summed E-state index contributed by atoms with van der Waals surface area (Å²) in [5.74, 6) is 0.538. The van der Waals surface area contributed by atoms with E-state index in [-0.39, 0.29) is 18.1 Å². The fourth-order valence-corrected chi connectivity index (χ4v) is 5.96. The van der Waals surface area contributed by atoms with E-state index in [1.54, 1.807) is 83.1 Å². The Kier molecular flexibility index (Phi) is 7.55. The Morgan fingerprint density at radius 1 is 0.970 bits per heavy atom. The van der Waals surface area contributed by atoms with Crippen LogP contribution in [-0.4, -0.2) is 53.0 Å². The van der Waals surface area contributed by atoms with Gasteiger partial charge in [-0.25, -0.2) is 26.3 Å². The van der Waals surface area contributed by atoms with Gasteiger partial charge in [0.1, 0.15) is 11.9 Å². The summed E-state index contributed by atoms with van der Waals surface area (Å²) in [6.45, 7) is 9.11. The highest BCUT2D eigenvalue weighted by Gasteiger charge is 2.34. The van der Waals surface area contributed by atoms with Gasteiger partial charge in [-0.3, -0.25) is 0 Å². The molecule has 0 saturated carbocycles. The van der Waals surface area contributed by atoms with Crippen molar-refractivity contribution >= 4 is 20.0 Å². The van der Waals surface area contributed by atoms with Crippen LogP contribution < -0.4 is 14.2 Å². The van der Waals surface area contributed by atoms with E-state index in [0.717, 1.165) is 5.56 Å². The molecule has 1 fully saturated rings. The predicted molar refractivity (Wildman–Crippen MR) is 128 cm³/mol. The predicted octanol–water partition coefficient (Wildman–Crippen LogP) is 2.90. The van der Waals surface area contributed by atoms with Crippen LogP contribution in [0.5, 0.6) is 5.75 Å². The van der Waals surface area contributed by atoms with Crippen molar-refractivity contribution in [3.8, 4) is 16.9 Å². The molecular formula is C23H32N2O6S2. The van der Waals surface area contributed by atoms with Crippen molar-refractivity contribution in [2.45, 2.75) is 62.4 Å². The van der Waals surface area contributed by atoms with Crippen LogP contribution in [-0.2, 0) is 24.8 Å². The fourth-order valence-electron chi connectivity index (χ4n) is 3.39. The first kappa shape index (κ1) is 25.6. The summed E-state index contributed by atoms with van der Waals surface area (Å²) in [4.78, 5) is 0.195. The summed E-state index contributed by atoms with van der Waals surface area (Å²) in [6, 6.07) is 13.4. The molecule has 2 aromatic rings. The Bertz CT molecular complexity index is 1170. The lowest BCUT2D eigenvalue weighted by atomic mass is 10.1. The monoisotopic (exact) mass is 496 g/mol. The molecule has 1 aliphatic heterocycles. The van der Waals surface area contributed by atoms with Crippen molar-refractivity contribution in [1.29, 1.82) is 0 Å². The van der Waals surface area contributed by atoms with Crippen LogP contribution in [0, 0.1) is 0 Å². The minimum Gasteiger partial charge on any atom is -0.486 e. The van der Waals surface area contributed by atoms with Crippen LogP contribution in [0.25, 0.3) is 11.1 Å². The fraction of sp³-hybridized carbons (Fsp3) is 0.478. The first-order chi connectivity index (χ1) is 15.3. The first-order valence-corrected chi connectivity index (χ1v) is 13.8. The highest BCUT2D eigenvalue weighted by molar-refractivity contribution is 7.90. The van der Waals surface area contributed by atoms with Gasteiger partial charge in [-0.05, 0) is 58.4 Å². The summed E-state index contributed by atoms with van der Waals surface area (Å²) in [5, 5.41) is -0.554. The number of hydrogen-bond donors (Lipinski definition) is 2. The van der Waals surface area contributed by atoms with E-state index in [1.165, 1.54) is 0 Å². The summed E-state index contributed by atoms with van der Waals surface area (Å²) in [7, 11) is -7.17. The Labute approximate surface area is 196 Å². The van der Waals surface area contributed by atoms with E-state index in [1.807, 2.05) is 0 Å². The lowest BCUT2D eigenvalue weighted by Crippen LogP contribution is -2.47. The number of rotatable bonds is 8. The second-order valence-electron chi connectivity index (χ2n) is 9.39. The SMILES string of the molecule is CC(C)S(=O)(=O)N[C@@H]1COC[C@@H]1Oc1ccc(-c2ccccc2S(=O)(=O)NC(C)(C)C)cc1. The normalized spacial score (nSPS) is 19.7. The van der Waals surface area contributed by atoms with Crippen LogP contribution in [0.15, 0.2) is 53.4 Å². The summed E-state index contributed by atoms with van der Waals surface area (Å²) < 4.78 is 67.0. The minimum atomic E-state index is -3.72. The second-order valence-corrected chi connectivity index (χ2v) is 13.3. The summed E-state index contributed by atoms with van der Waals surface area (Å²) in [6.07, 6.45) is -0.465. The average molecular weight is 497 g/mol. The van der Waals surface area contributed by atoms with Crippen molar-refractivity contribution in [3.05, 3.63) is 48.5 Å². The maximum Gasteiger partial charge on any atom is 0.241 e. The molecule has 3 rings (SSSR count). The van der Waals surface area contributed by atoms with Crippen LogP contribution in [0.4, 0.5) is 0 Å².